The Morgan fingerprint density at radius 2 is 2.24 bits per heavy atom. The highest BCUT2D eigenvalue weighted by Crippen LogP contribution is 2.29. The van der Waals surface area contributed by atoms with Gasteiger partial charge in [0.1, 0.15) is 0 Å². The highest BCUT2D eigenvalue weighted by Gasteiger charge is 2.18. The molecule has 0 bridgehead atoms. The molecule has 0 aliphatic heterocycles. The van der Waals surface area contributed by atoms with Crippen molar-refractivity contribution in [3.05, 3.63) is 16.1 Å². The van der Waals surface area contributed by atoms with E-state index in [1.165, 1.54) is 30.6 Å². The molecule has 17 heavy (non-hydrogen) atoms. The van der Waals surface area contributed by atoms with Gasteiger partial charge in [0.05, 0.1) is 17.2 Å². The Bertz CT molecular complexity index is 311. The summed E-state index contributed by atoms with van der Waals surface area (Å²) in [6.07, 6.45) is 6.25. The largest absolute Gasteiger partial charge is 0.271 e. The number of hydrogen-bond donors (Lipinski definition) is 2. The number of hydrazine groups is 1. The van der Waals surface area contributed by atoms with Crippen molar-refractivity contribution < 1.29 is 0 Å². The molecule has 0 radical (unpaired) electrons. The number of thiazole rings is 1. The van der Waals surface area contributed by atoms with Crippen LogP contribution < -0.4 is 11.3 Å². The van der Waals surface area contributed by atoms with Gasteiger partial charge in [-0.3, -0.25) is 11.3 Å². The minimum atomic E-state index is 0.268. The molecule has 0 amide bonds. The molecule has 1 aromatic rings. The van der Waals surface area contributed by atoms with Crippen LogP contribution in [0.4, 0.5) is 0 Å². The van der Waals surface area contributed by atoms with Gasteiger partial charge in [0.25, 0.3) is 0 Å². The number of aryl methyl sites for hydroxylation is 1. The first-order valence-corrected chi connectivity index (χ1v) is 7.46. The maximum Gasteiger partial charge on any atom is 0.0798 e. The average Bonchev–Trinajstić information content (AvgIpc) is 2.76. The monoisotopic (exact) mass is 255 g/mol. The van der Waals surface area contributed by atoms with Gasteiger partial charge in [-0.2, -0.15) is 0 Å². The Kier molecular flexibility index (Phi) is 6.70. The fourth-order valence-electron chi connectivity index (χ4n) is 2.21. The number of rotatable bonds is 8. The molecule has 0 fully saturated rings. The predicted molar refractivity (Wildman–Crippen MR) is 74.8 cm³/mol. The molecular formula is C13H25N3S. The summed E-state index contributed by atoms with van der Waals surface area (Å²) in [7, 11) is 0. The Morgan fingerprint density at radius 3 is 2.71 bits per heavy atom. The van der Waals surface area contributed by atoms with Crippen molar-refractivity contribution in [1.82, 2.24) is 10.4 Å². The van der Waals surface area contributed by atoms with Crippen LogP contribution in [-0.2, 0) is 0 Å². The van der Waals surface area contributed by atoms with Crippen molar-refractivity contribution in [3.8, 4) is 0 Å². The van der Waals surface area contributed by atoms with Crippen molar-refractivity contribution in [2.75, 3.05) is 0 Å². The number of nitrogens with zero attached hydrogens (tertiary/aromatic N) is 1. The molecule has 0 aromatic carbocycles. The van der Waals surface area contributed by atoms with Gasteiger partial charge in [-0.15, -0.1) is 11.3 Å². The van der Waals surface area contributed by atoms with Crippen LogP contribution in [0.2, 0.25) is 0 Å². The van der Waals surface area contributed by atoms with E-state index < -0.39 is 0 Å². The van der Waals surface area contributed by atoms with Crippen molar-refractivity contribution in [2.24, 2.45) is 11.8 Å². The van der Waals surface area contributed by atoms with E-state index in [0.717, 1.165) is 18.0 Å². The molecule has 4 heteroatoms. The van der Waals surface area contributed by atoms with Gasteiger partial charge in [-0.1, -0.05) is 39.5 Å². The fourth-order valence-corrected chi connectivity index (χ4v) is 3.09. The Morgan fingerprint density at radius 1 is 1.47 bits per heavy atom. The summed E-state index contributed by atoms with van der Waals surface area (Å²) in [5.74, 6) is 6.45. The molecule has 3 nitrogen and oxygen atoms in total. The number of nitrogens with two attached hydrogens (primary N) is 1. The highest BCUT2D eigenvalue weighted by molar-refractivity contribution is 7.09. The third kappa shape index (κ3) is 4.37. The minimum absolute atomic E-state index is 0.268. The molecular weight excluding hydrogens is 230 g/mol. The second kappa shape index (κ2) is 7.80. The van der Waals surface area contributed by atoms with E-state index in [1.807, 2.05) is 5.51 Å². The first-order valence-electron chi connectivity index (χ1n) is 6.58. The zero-order valence-electron chi connectivity index (χ0n) is 11.2. The smallest absolute Gasteiger partial charge is 0.0798 e. The van der Waals surface area contributed by atoms with E-state index in [1.54, 1.807) is 11.3 Å². The molecule has 3 N–H and O–H groups in total. The predicted octanol–water partition coefficient (Wildman–Crippen LogP) is 3.56. The quantitative estimate of drug-likeness (QED) is 0.551. The van der Waals surface area contributed by atoms with Crippen LogP contribution in [0.5, 0.6) is 0 Å². The molecule has 1 heterocycles. The van der Waals surface area contributed by atoms with E-state index in [9.17, 15) is 0 Å². The lowest BCUT2D eigenvalue weighted by molar-refractivity contribution is 0.358. The van der Waals surface area contributed by atoms with Gasteiger partial charge in [-0.25, -0.2) is 4.98 Å². The van der Waals surface area contributed by atoms with Crippen LogP contribution in [0.15, 0.2) is 5.51 Å². The maximum absolute atomic E-state index is 5.69. The maximum atomic E-state index is 5.69. The fraction of sp³-hybridized carbons (Fsp3) is 0.769. The van der Waals surface area contributed by atoms with Crippen molar-refractivity contribution >= 4 is 11.3 Å². The zero-order valence-corrected chi connectivity index (χ0v) is 12.0. The lowest BCUT2D eigenvalue weighted by Gasteiger charge is -2.21. The van der Waals surface area contributed by atoms with Crippen molar-refractivity contribution in [2.45, 2.75) is 58.9 Å². The SMILES string of the molecule is CCCCC(CC)CC(NN)c1scnc1C. The zero-order chi connectivity index (χ0) is 12.7. The molecule has 0 aliphatic carbocycles. The molecule has 2 unspecified atom stereocenters. The van der Waals surface area contributed by atoms with Crippen molar-refractivity contribution in [1.29, 1.82) is 0 Å². The number of unbranched alkanes of at least 4 members (excludes halogenated alkanes) is 1. The molecule has 0 aliphatic rings. The Labute approximate surface area is 109 Å². The van der Waals surface area contributed by atoms with Gasteiger partial charge in [0.15, 0.2) is 0 Å². The lowest BCUT2D eigenvalue weighted by Crippen LogP contribution is -2.29. The number of hydrogen-bond acceptors (Lipinski definition) is 4. The van der Waals surface area contributed by atoms with Crippen molar-refractivity contribution in [3.63, 3.8) is 0 Å². The summed E-state index contributed by atoms with van der Waals surface area (Å²) >= 11 is 1.70. The van der Waals surface area contributed by atoms with Crippen LogP contribution in [0.1, 0.15) is 62.6 Å². The van der Waals surface area contributed by atoms with E-state index in [-0.39, 0.29) is 6.04 Å². The van der Waals surface area contributed by atoms with Crippen LogP contribution >= 0.6 is 11.3 Å². The van der Waals surface area contributed by atoms with Gasteiger partial charge in [0.2, 0.25) is 0 Å². The topological polar surface area (TPSA) is 50.9 Å². The average molecular weight is 255 g/mol. The van der Waals surface area contributed by atoms with E-state index >= 15 is 0 Å². The summed E-state index contributed by atoms with van der Waals surface area (Å²) < 4.78 is 0. The molecule has 2 atom stereocenters. The molecule has 1 aromatic heterocycles. The summed E-state index contributed by atoms with van der Waals surface area (Å²) in [5, 5.41) is 0. The second-order valence-electron chi connectivity index (χ2n) is 4.67. The highest BCUT2D eigenvalue weighted by atomic mass is 32.1. The van der Waals surface area contributed by atoms with Crippen LogP contribution in [0.25, 0.3) is 0 Å². The first kappa shape index (κ1) is 14.6. The van der Waals surface area contributed by atoms with Gasteiger partial charge in [0, 0.05) is 4.88 Å². The normalized spacial score (nSPS) is 14.8. The van der Waals surface area contributed by atoms with E-state index in [2.05, 4.69) is 31.2 Å². The Balaban J connectivity index is 2.59. The molecule has 0 saturated carbocycles. The summed E-state index contributed by atoms with van der Waals surface area (Å²) in [4.78, 5) is 5.60. The van der Waals surface area contributed by atoms with Gasteiger partial charge >= 0.3 is 0 Å². The van der Waals surface area contributed by atoms with Crippen LogP contribution in [-0.4, -0.2) is 4.98 Å². The molecule has 98 valence electrons. The summed E-state index contributed by atoms with van der Waals surface area (Å²) in [6.45, 7) is 6.58. The van der Waals surface area contributed by atoms with Crippen LogP contribution in [0.3, 0.4) is 0 Å². The summed E-state index contributed by atoms with van der Waals surface area (Å²) in [5.41, 5.74) is 5.98. The number of aromatic nitrogens is 1. The second-order valence-corrected chi connectivity index (χ2v) is 5.56. The summed E-state index contributed by atoms with van der Waals surface area (Å²) in [6, 6.07) is 0.268. The van der Waals surface area contributed by atoms with Gasteiger partial charge in [-0.05, 0) is 19.3 Å². The van der Waals surface area contributed by atoms with Crippen LogP contribution in [0, 0.1) is 12.8 Å². The minimum Gasteiger partial charge on any atom is -0.271 e. The van der Waals surface area contributed by atoms with E-state index in [4.69, 9.17) is 5.84 Å². The molecule has 0 saturated heterocycles. The third-order valence-corrected chi connectivity index (χ3v) is 4.46. The lowest BCUT2D eigenvalue weighted by atomic mass is 9.91. The molecule has 1 rings (SSSR count). The van der Waals surface area contributed by atoms with E-state index in [0.29, 0.717) is 0 Å². The molecule has 0 spiro atoms. The number of nitrogens with one attached hydrogen (secondary N) is 1. The first-order chi connectivity index (χ1) is 8.22. The standard InChI is InChI=1S/C13H25N3S/c1-4-6-7-11(5-2)8-12(16-14)13-10(3)15-9-17-13/h9,11-12,16H,4-8,14H2,1-3H3. The third-order valence-electron chi connectivity index (χ3n) is 3.41. The van der Waals surface area contributed by atoms with Gasteiger partial charge < -0.3 is 0 Å². The Hall–Kier alpha value is -0.450.